The number of para-hydroxylation sites is 1. The van der Waals surface area contributed by atoms with E-state index in [1.807, 2.05) is 67.7 Å². The van der Waals surface area contributed by atoms with Gasteiger partial charge in [0.15, 0.2) is 0 Å². The Labute approximate surface area is 213 Å². The van der Waals surface area contributed by atoms with E-state index >= 15 is 0 Å². The Morgan fingerprint density at radius 3 is 2.24 bits per heavy atom. The molecule has 1 saturated heterocycles. The standard InChI is InChI=1S/C29H26F3NO4/c1-19-7-12-22(13-8-19)35-18-27-26(36-23-14-9-20(2)10-15-23)17-24(37-27)16-11-21-5-3-4-6-25(21)33-28(34)29(30,31)32/h3-10,12-15,24,26-27H,17-18H2,1-2H3,(H,33,34)/t24-,26-,27+/m0/s1. The number of rotatable bonds is 6. The fourth-order valence-electron chi connectivity index (χ4n) is 3.74. The van der Waals surface area contributed by atoms with Gasteiger partial charge in [-0.1, -0.05) is 59.4 Å². The number of hydrogen-bond donors (Lipinski definition) is 1. The van der Waals surface area contributed by atoms with Crippen LogP contribution in [0.2, 0.25) is 0 Å². The van der Waals surface area contributed by atoms with Crippen molar-refractivity contribution >= 4 is 11.6 Å². The molecule has 0 radical (unpaired) electrons. The molecular weight excluding hydrogens is 483 g/mol. The summed E-state index contributed by atoms with van der Waals surface area (Å²) in [7, 11) is 0. The van der Waals surface area contributed by atoms with Gasteiger partial charge in [0.05, 0.1) is 5.69 Å². The number of hydrogen-bond acceptors (Lipinski definition) is 4. The maximum Gasteiger partial charge on any atom is 0.471 e. The Hall–Kier alpha value is -3.96. The van der Waals surface area contributed by atoms with Gasteiger partial charge in [-0.25, -0.2) is 0 Å². The Kier molecular flexibility index (Phi) is 8.04. The molecule has 3 aromatic carbocycles. The molecule has 0 unspecified atom stereocenters. The van der Waals surface area contributed by atoms with Crippen LogP contribution in [-0.4, -0.2) is 37.0 Å². The number of carbonyl (C=O) groups is 1. The van der Waals surface area contributed by atoms with E-state index in [2.05, 4.69) is 11.8 Å². The minimum Gasteiger partial charge on any atom is -0.491 e. The fourth-order valence-corrected chi connectivity index (χ4v) is 3.74. The molecule has 37 heavy (non-hydrogen) atoms. The van der Waals surface area contributed by atoms with Gasteiger partial charge in [0, 0.05) is 12.0 Å². The Morgan fingerprint density at radius 2 is 1.59 bits per heavy atom. The van der Waals surface area contributed by atoms with Gasteiger partial charge in [0.25, 0.3) is 0 Å². The zero-order valence-corrected chi connectivity index (χ0v) is 20.3. The molecule has 4 rings (SSSR count). The molecule has 3 atom stereocenters. The second kappa shape index (κ2) is 11.4. The Morgan fingerprint density at radius 1 is 0.973 bits per heavy atom. The third-order valence-electron chi connectivity index (χ3n) is 5.74. The first-order chi connectivity index (χ1) is 17.7. The summed E-state index contributed by atoms with van der Waals surface area (Å²) < 4.78 is 56.4. The van der Waals surface area contributed by atoms with E-state index in [0.717, 1.165) is 11.1 Å². The van der Waals surface area contributed by atoms with E-state index in [0.29, 0.717) is 17.9 Å². The lowest BCUT2D eigenvalue weighted by Gasteiger charge is -2.20. The molecule has 0 aliphatic carbocycles. The lowest BCUT2D eigenvalue weighted by molar-refractivity contribution is -0.167. The van der Waals surface area contributed by atoms with Gasteiger partial charge in [0.1, 0.15) is 36.4 Å². The number of anilines is 1. The van der Waals surface area contributed by atoms with Crippen molar-refractivity contribution in [3.05, 3.63) is 89.5 Å². The van der Waals surface area contributed by atoms with E-state index in [4.69, 9.17) is 14.2 Å². The number of aryl methyl sites for hydroxylation is 2. The van der Waals surface area contributed by atoms with Crippen LogP contribution in [0.4, 0.5) is 18.9 Å². The van der Waals surface area contributed by atoms with Crippen LogP contribution in [-0.2, 0) is 9.53 Å². The molecule has 0 aromatic heterocycles. The molecule has 1 N–H and O–H groups in total. The highest BCUT2D eigenvalue weighted by atomic mass is 19.4. The van der Waals surface area contributed by atoms with Gasteiger partial charge in [-0.3, -0.25) is 4.79 Å². The quantitative estimate of drug-likeness (QED) is 0.424. The molecule has 1 aliphatic heterocycles. The van der Waals surface area contributed by atoms with Crippen molar-refractivity contribution in [2.75, 3.05) is 11.9 Å². The lowest BCUT2D eigenvalue weighted by Crippen LogP contribution is -2.32. The largest absolute Gasteiger partial charge is 0.491 e. The summed E-state index contributed by atoms with van der Waals surface area (Å²) in [5, 5.41) is 1.87. The second-order valence-corrected chi connectivity index (χ2v) is 8.76. The van der Waals surface area contributed by atoms with E-state index in [1.54, 1.807) is 6.07 Å². The van der Waals surface area contributed by atoms with Crippen molar-refractivity contribution in [1.29, 1.82) is 0 Å². The zero-order chi connectivity index (χ0) is 26.4. The van der Waals surface area contributed by atoms with Crippen LogP contribution >= 0.6 is 0 Å². The predicted octanol–water partition coefficient (Wildman–Crippen LogP) is 5.84. The average Bonchev–Trinajstić information content (AvgIpc) is 3.25. The zero-order valence-electron chi connectivity index (χ0n) is 20.3. The maximum atomic E-state index is 12.7. The van der Waals surface area contributed by atoms with Crippen molar-refractivity contribution in [2.45, 2.75) is 44.8 Å². The molecule has 192 valence electrons. The van der Waals surface area contributed by atoms with Crippen LogP contribution < -0.4 is 14.8 Å². The van der Waals surface area contributed by atoms with Crippen molar-refractivity contribution in [1.82, 2.24) is 0 Å². The highest BCUT2D eigenvalue weighted by molar-refractivity contribution is 5.96. The molecule has 1 fully saturated rings. The number of amides is 1. The van der Waals surface area contributed by atoms with Gasteiger partial charge in [-0.2, -0.15) is 13.2 Å². The minimum absolute atomic E-state index is 0.0259. The fraction of sp³-hybridized carbons (Fsp3) is 0.276. The SMILES string of the molecule is Cc1ccc(OC[C@H]2O[C@@H](C#Cc3ccccc3NC(=O)C(F)(F)F)C[C@@H]2Oc2ccc(C)cc2)cc1. The summed E-state index contributed by atoms with van der Waals surface area (Å²) in [5.74, 6) is 5.15. The molecular formula is C29H26F3NO4. The molecule has 1 aliphatic rings. The third-order valence-corrected chi connectivity index (χ3v) is 5.74. The smallest absolute Gasteiger partial charge is 0.471 e. The third kappa shape index (κ3) is 7.28. The molecule has 0 spiro atoms. The van der Waals surface area contributed by atoms with E-state index in [1.165, 1.54) is 18.2 Å². The van der Waals surface area contributed by atoms with Crippen molar-refractivity contribution in [3.8, 4) is 23.3 Å². The van der Waals surface area contributed by atoms with Gasteiger partial charge in [0.2, 0.25) is 0 Å². The van der Waals surface area contributed by atoms with Crippen molar-refractivity contribution in [2.24, 2.45) is 0 Å². The van der Waals surface area contributed by atoms with Crippen molar-refractivity contribution in [3.63, 3.8) is 0 Å². The number of halogens is 3. The molecule has 1 heterocycles. The monoisotopic (exact) mass is 509 g/mol. The molecule has 0 bridgehead atoms. The summed E-state index contributed by atoms with van der Waals surface area (Å²) in [4.78, 5) is 11.4. The van der Waals surface area contributed by atoms with Crippen LogP contribution in [0.15, 0.2) is 72.8 Å². The molecule has 8 heteroatoms. The topological polar surface area (TPSA) is 56.8 Å². The summed E-state index contributed by atoms with van der Waals surface area (Å²) in [6, 6.07) is 21.4. The number of nitrogens with one attached hydrogen (secondary N) is 1. The van der Waals surface area contributed by atoms with Gasteiger partial charge < -0.3 is 19.5 Å². The summed E-state index contributed by atoms with van der Waals surface area (Å²) in [5.41, 5.74) is 2.45. The summed E-state index contributed by atoms with van der Waals surface area (Å²) in [6.45, 7) is 4.21. The van der Waals surface area contributed by atoms with Crippen LogP contribution in [0, 0.1) is 25.7 Å². The van der Waals surface area contributed by atoms with Gasteiger partial charge in [-0.05, 0) is 50.2 Å². The highest BCUT2D eigenvalue weighted by Gasteiger charge is 2.39. The second-order valence-electron chi connectivity index (χ2n) is 8.76. The number of ether oxygens (including phenoxy) is 3. The van der Waals surface area contributed by atoms with Crippen LogP contribution in [0.5, 0.6) is 11.5 Å². The van der Waals surface area contributed by atoms with Crippen LogP contribution in [0.25, 0.3) is 0 Å². The number of alkyl halides is 3. The van der Waals surface area contributed by atoms with Gasteiger partial charge in [-0.15, -0.1) is 0 Å². The number of carbonyl (C=O) groups excluding carboxylic acids is 1. The summed E-state index contributed by atoms with van der Waals surface area (Å²) >= 11 is 0. The minimum atomic E-state index is -5.00. The predicted molar refractivity (Wildman–Crippen MR) is 134 cm³/mol. The van der Waals surface area contributed by atoms with Crippen LogP contribution in [0.1, 0.15) is 23.1 Å². The molecule has 5 nitrogen and oxygen atoms in total. The van der Waals surface area contributed by atoms with E-state index < -0.39 is 24.3 Å². The first kappa shape index (κ1) is 26.1. The number of benzene rings is 3. The molecule has 1 amide bonds. The highest BCUT2D eigenvalue weighted by Crippen LogP contribution is 2.27. The van der Waals surface area contributed by atoms with Gasteiger partial charge >= 0.3 is 12.1 Å². The molecule has 3 aromatic rings. The van der Waals surface area contributed by atoms with E-state index in [9.17, 15) is 18.0 Å². The molecule has 0 saturated carbocycles. The lowest BCUT2D eigenvalue weighted by atomic mass is 10.1. The maximum absolute atomic E-state index is 12.7. The Balaban J connectivity index is 1.49. The van der Waals surface area contributed by atoms with Crippen LogP contribution in [0.3, 0.4) is 0 Å². The van der Waals surface area contributed by atoms with Crippen molar-refractivity contribution < 1.29 is 32.2 Å². The Bertz CT molecular complexity index is 1280. The first-order valence-electron chi connectivity index (χ1n) is 11.7. The first-order valence-corrected chi connectivity index (χ1v) is 11.7. The summed E-state index contributed by atoms with van der Waals surface area (Å²) in [6.07, 6.45) is -5.90. The normalized spacial score (nSPS) is 19.0. The van der Waals surface area contributed by atoms with E-state index in [-0.39, 0.29) is 24.0 Å². The average molecular weight is 510 g/mol.